The van der Waals surface area contributed by atoms with E-state index in [1.807, 2.05) is 20.8 Å². The number of rotatable bonds is 5. The normalized spacial score (nSPS) is 11.3. The Morgan fingerprint density at radius 3 is 2.36 bits per heavy atom. The molecule has 0 atom stereocenters. The van der Waals surface area contributed by atoms with Crippen LogP contribution in [0, 0.1) is 0 Å². The van der Waals surface area contributed by atoms with E-state index in [9.17, 15) is 4.79 Å². The lowest BCUT2D eigenvalue weighted by Gasteiger charge is -2.15. The molecule has 4 nitrogen and oxygen atoms in total. The molecule has 82 valence electrons. The second-order valence-electron chi connectivity index (χ2n) is 2.75. The third kappa shape index (κ3) is 5.07. The van der Waals surface area contributed by atoms with Crippen LogP contribution in [0.5, 0.6) is 0 Å². The third-order valence-corrected chi connectivity index (χ3v) is 1.96. The molecule has 0 radical (unpaired) electrons. The Kier molecular flexibility index (Phi) is 7.20. The van der Waals surface area contributed by atoms with Crippen molar-refractivity contribution < 1.29 is 9.63 Å². The van der Waals surface area contributed by atoms with Gasteiger partial charge in [0.15, 0.2) is 0 Å². The molecule has 1 amide bonds. The lowest BCUT2D eigenvalue weighted by Crippen LogP contribution is -2.30. The van der Waals surface area contributed by atoms with E-state index in [4.69, 9.17) is 11.6 Å². The molecule has 0 aromatic carbocycles. The highest BCUT2D eigenvalue weighted by Gasteiger charge is 2.10. The smallest absolute Gasteiger partial charge is 0.307 e. The van der Waals surface area contributed by atoms with Crippen LogP contribution in [0.2, 0.25) is 0 Å². The Balaban J connectivity index is 3.99. The number of nitrogens with zero attached hydrogens (tertiary/aromatic N) is 2. The average molecular weight is 221 g/mol. The van der Waals surface area contributed by atoms with E-state index in [1.54, 1.807) is 0 Å². The summed E-state index contributed by atoms with van der Waals surface area (Å²) >= 11 is 5.67. The van der Waals surface area contributed by atoms with Crippen LogP contribution >= 0.6 is 11.6 Å². The van der Waals surface area contributed by atoms with Crippen molar-refractivity contribution in [1.82, 2.24) is 4.90 Å². The van der Waals surface area contributed by atoms with Crippen LogP contribution in [0.4, 0.5) is 4.79 Å². The number of hydrogen-bond acceptors (Lipinski definition) is 3. The molecule has 0 N–H and O–H groups in total. The second kappa shape index (κ2) is 7.62. The molecule has 5 heteroatoms. The number of amides is 1. The number of carbonyl (C=O) groups excluding carboxylic acids is 1. The van der Waals surface area contributed by atoms with Gasteiger partial charge >= 0.3 is 6.09 Å². The van der Waals surface area contributed by atoms with Crippen molar-refractivity contribution in [3.8, 4) is 0 Å². The molecule has 0 bridgehead atoms. The van der Waals surface area contributed by atoms with Crippen molar-refractivity contribution in [1.29, 1.82) is 0 Å². The van der Waals surface area contributed by atoms with Crippen molar-refractivity contribution >= 4 is 22.9 Å². The van der Waals surface area contributed by atoms with E-state index in [0.29, 0.717) is 24.7 Å². The minimum Gasteiger partial charge on any atom is -0.307 e. The average Bonchev–Trinajstić information content (AvgIpc) is 2.17. The van der Waals surface area contributed by atoms with Crippen LogP contribution in [-0.2, 0) is 4.84 Å². The molecule has 14 heavy (non-hydrogen) atoms. The van der Waals surface area contributed by atoms with Crippen molar-refractivity contribution in [3.63, 3.8) is 0 Å². The maximum absolute atomic E-state index is 11.3. The van der Waals surface area contributed by atoms with E-state index >= 15 is 0 Å². The molecule has 0 aliphatic carbocycles. The van der Waals surface area contributed by atoms with Crippen molar-refractivity contribution in [3.05, 3.63) is 0 Å². The van der Waals surface area contributed by atoms with Crippen molar-refractivity contribution in [2.24, 2.45) is 5.16 Å². The third-order valence-electron chi connectivity index (χ3n) is 1.70. The summed E-state index contributed by atoms with van der Waals surface area (Å²) in [4.78, 5) is 17.4. The minimum absolute atomic E-state index is 0.327. The van der Waals surface area contributed by atoms with Gasteiger partial charge in [-0.05, 0) is 20.3 Å². The molecule has 0 aromatic heterocycles. The fraction of sp³-hybridized carbons (Fsp3) is 0.778. The van der Waals surface area contributed by atoms with Crippen LogP contribution < -0.4 is 0 Å². The molecule has 0 saturated carbocycles. The summed E-state index contributed by atoms with van der Waals surface area (Å²) in [6.07, 6.45) is 1.06. The lowest BCUT2D eigenvalue weighted by molar-refractivity contribution is 0.109. The minimum atomic E-state index is -0.454. The fourth-order valence-electron chi connectivity index (χ4n) is 0.880. The van der Waals surface area contributed by atoms with Crippen LogP contribution in [0.3, 0.4) is 0 Å². The van der Waals surface area contributed by atoms with Gasteiger partial charge < -0.3 is 4.90 Å². The number of hydrogen-bond donors (Lipinski definition) is 0. The fourth-order valence-corrected chi connectivity index (χ4v) is 1.10. The van der Waals surface area contributed by atoms with Gasteiger partial charge in [0, 0.05) is 19.5 Å². The summed E-state index contributed by atoms with van der Waals surface area (Å²) in [7, 11) is 0. The molecule has 0 heterocycles. The van der Waals surface area contributed by atoms with Gasteiger partial charge in [-0.3, -0.25) is 4.84 Å². The zero-order valence-electron chi connectivity index (χ0n) is 8.92. The Morgan fingerprint density at radius 1 is 1.36 bits per heavy atom. The monoisotopic (exact) mass is 220 g/mol. The maximum Gasteiger partial charge on any atom is 0.435 e. The first-order valence-electron chi connectivity index (χ1n) is 4.83. The molecule has 0 aromatic rings. The van der Waals surface area contributed by atoms with E-state index in [2.05, 4.69) is 9.99 Å². The first-order valence-corrected chi connectivity index (χ1v) is 5.21. The number of oxime groups is 1. The number of carbonyl (C=O) groups is 1. The van der Waals surface area contributed by atoms with Crippen LogP contribution in [0.15, 0.2) is 5.16 Å². The summed E-state index contributed by atoms with van der Waals surface area (Å²) < 4.78 is 0. The molecule has 0 spiro atoms. The molecule has 0 saturated heterocycles. The Bertz CT molecular complexity index is 203. The van der Waals surface area contributed by atoms with Gasteiger partial charge in [0.1, 0.15) is 5.17 Å². The summed E-state index contributed by atoms with van der Waals surface area (Å²) in [5.74, 6) is 0. The molecule has 0 aliphatic heterocycles. The van der Waals surface area contributed by atoms with Crippen molar-refractivity contribution in [2.45, 2.75) is 33.6 Å². The van der Waals surface area contributed by atoms with Crippen molar-refractivity contribution in [2.75, 3.05) is 13.1 Å². The largest absolute Gasteiger partial charge is 0.435 e. The summed E-state index contributed by atoms with van der Waals surface area (Å²) in [6, 6.07) is 0. The van der Waals surface area contributed by atoms with E-state index in [1.165, 1.54) is 4.90 Å². The van der Waals surface area contributed by atoms with E-state index in [-0.39, 0.29) is 0 Å². The summed E-state index contributed by atoms with van der Waals surface area (Å²) in [5.41, 5.74) is 0. The number of halogens is 1. The standard InChI is InChI=1S/C9H17ClN2O2/c1-4-7-8(10)11-14-9(13)12(5-2)6-3/h4-7H2,1-3H3/b11-8-. The van der Waals surface area contributed by atoms with Gasteiger partial charge in [-0.15, -0.1) is 0 Å². The highest BCUT2D eigenvalue weighted by atomic mass is 35.5. The lowest BCUT2D eigenvalue weighted by atomic mass is 10.4. The zero-order valence-corrected chi connectivity index (χ0v) is 9.67. The first kappa shape index (κ1) is 13.2. The topological polar surface area (TPSA) is 41.9 Å². The molecular weight excluding hydrogens is 204 g/mol. The molecule has 0 aliphatic rings. The van der Waals surface area contributed by atoms with Crippen LogP contribution in [-0.4, -0.2) is 29.3 Å². The van der Waals surface area contributed by atoms with Gasteiger partial charge in [-0.1, -0.05) is 23.7 Å². The van der Waals surface area contributed by atoms with Crippen LogP contribution in [0.25, 0.3) is 0 Å². The van der Waals surface area contributed by atoms with E-state index < -0.39 is 6.09 Å². The van der Waals surface area contributed by atoms with Gasteiger partial charge in [0.25, 0.3) is 0 Å². The zero-order chi connectivity index (χ0) is 11.0. The highest BCUT2D eigenvalue weighted by molar-refractivity contribution is 6.65. The molecular formula is C9H17ClN2O2. The Hall–Kier alpha value is -0.770. The highest BCUT2D eigenvalue weighted by Crippen LogP contribution is 2.00. The second-order valence-corrected chi connectivity index (χ2v) is 3.18. The van der Waals surface area contributed by atoms with E-state index in [0.717, 1.165) is 6.42 Å². The summed E-state index contributed by atoms with van der Waals surface area (Å²) in [5, 5.41) is 3.85. The molecule has 0 fully saturated rings. The molecule has 0 unspecified atom stereocenters. The van der Waals surface area contributed by atoms with Gasteiger partial charge in [0.05, 0.1) is 0 Å². The van der Waals surface area contributed by atoms with Gasteiger partial charge in [-0.25, -0.2) is 4.79 Å². The maximum atomic E-state index is 11.3. The Labute approximate surface area is 89.8 Å². The van der Waals surface area contributed by atoms with Gasteiger partial charge in [0.2, 0.25) is 0 Å². The predicted molar refractivity (Wildman–Crippen MR) is 57.6 cm³/mol. The van der Waals surface area contributed by atoms with Crippen LogP contribution in [0.1, 0.15) is 33.6 Å². The summed E-state index contributed by atoms with van der Waals surface area (Å²) in [6.45, 7) is 6.95. The quantitative estimate of drug-likeness (QED) is 0.406. The predicted octanol–water partition coefficient (Wildman–Crippen LogP) is 2.82. The first-order chi connectivity index (χ1) is 6.65. The Morgan fingerprint density at radius 2 is 1.93 bits per heavy atom. The SMILES string of the molecule is CCC/C(Cl)=N/OC(=O)N(CC)CC. The molecule has 0 rings (SSSR count). The van der Waals surface area contributed by atoms with Gasteiger partial charge in [-0.2, -0.15) is 0 Å².